The number of hydrogen-bond donors (Lipinski definition) is 2. The van der Waals surface area contributed by atoms with E-state index in [0.29, 0.717) is 0 Å². The zero-order chi connectivity index (χ0) is 11.8. The summed E-state index contributed by atoms with van der Waals surface area (Å²) >= 11 is 1.79. The van der Waals surface area contributed by atoms with Gasteiger partial charge in [-0.25, -0.2) is 0 Å². The summed E-state index contributed by atoms with van der Waals surface area (Å²) in [6, 6.07) is 0. The van der Waals surface area contributed by atoms with Gasteiger partial charge in [0, 0.05) is 6.54 Å². The number of aryl methyl sites for hydroxylation is 1. The molecule has 0 unspecified atom stereocenters. The Balaban J connectivity index is 1.94. The molecule has 0 aliphatic heterocycles. The molecule has 0 spiro atoms. The van der Waals surface area contributed by atoms with Crippen molar-refractivity contribution in [3.63, 3.8) is 0 Å². The summed E-state index contributed by atoms with van der Waals surface area (Å²) in [5, 5.41) is 11.4. The van der Waals surface area contributed by atoms with E-state index in [1.54, 1.807) is 11.3 Å². The topological polar surface area (TPSA) is 24.1 Å². The van der Waals surface area contributed by atoms with Crippen LogP contribution in [0.3, 0.4) is 0 Å². The van der Waals surface area contributed by atoms with Gasteiger partial charge in [-0.1, -0.05) is 13.8 Å². The highest BCUT2D eigenvalue weighted by atomic mass is 32.1. The second-order valence-corrected chi connectivity index (χ2v) is 5.45. The smallest absolute Gasteiger partial charge is 0.0216 e. The molecule has 2 N–H and O–H groups in total. The van der Waals surface area contributed by atoms with E-state index < -0.39 is 0 Å². The van der Waals surface area contributed by atoms with Crippen molar-refractivity contribution in [1.29, 1.82) is 0 Å². The fraction of sp³-hybridized carbons (Fsp3) is 0.692. The molecule has 2 nitrogen and oxygen atoms in total. The molecular formula is C13H24N2S. The summed E-state index contributed by atoms with van der Waals surface area (Å²) in [4.78, 5) is 0. The van der Waals surface area contributed by atoms with Crippen molar-refractivity contribution < 1.29 is 0 Å². The second kappa shape index (κ2) is 7.82. The summed E-state index contributed by atoms with van der Waals surface area (Å²) in [5.41, 5.74) is 2.86. The average molecular weight is 240 g/mol. The van der Waals surface area contributed by atoms with Crippen LogP contribution in [-0.2, 0) is 6.54 Å². The van der Waals surface area contributed by atoms with Crippen molar-refractivity contribution in [2.45, 2.75) is 33.7 Å². The predicted molar refractivity (Wildman–Crippen MR) is 73.1 cm³/mol. The van der Waals surface area contributed by atoms with Crippen molar-refractivity contribution in [3.05, 3.63) is 21.9 Å². The Hall–Kier alpha value is -0.380. The van der Waals surface area contributed by atoms with E-state index in [2.05, 4.69) is 42.2 Å². The summed E-state index contributed by atoms with van der Waals surface area (Å²) in [6.45, 7) is 11.0. The zero-order valence-corrected chi connectivity index (χ0v) is 11.5. The van der Waals surface area contributed by atoms with Gasteiger partial charge in [-0.05, 0) is 60.8 Å². The van der Waals surface area contributed by atoms with Crippen LogP contribution in [0, 0.1) is 12.8 Å². The molecular weight excluding hydrogens is 216 g/mol. The first-order valence-electron chi connectivity index (χ1n) is 6.13. The van der Waals surface area contributed by atoms with Gasteiger partial charge in [0.25, 0.3) is 0 Å². The lowest BCUT2D eigenvalue weighted by molar-refractivity contribution is 0.530. The molecule has 0 radical (unpaired) electrons. The monoisotopic (exact) mass is 240 g/mol. The van der Waals surface area contributed by atoms with Crippen molar-refractivity contribution in [2.24, 2.45) is 5.92 Å². The van der Waals surface area contributed by atoms with Crippen LogP contribution in [0.4, 0.5) is 0 Å². The molecule has 1 aromatic heterocycles. The second-order valence-electron chi connectivity index (χ2n) is 4.71. The largest absolute Gasteiger partial charge is 0.316 e. The first-order chi connectivity index (χ1) is 7.70. The first-order valence-corrected chi connectivity index (χ1v) is 7.07. The normalized spacial score (nSPS) is 11.2. The number of nitrogens with one attached hydrogen (secondary N) is 2. The van der Waals surface area contributed by atoms with Gasteiger partial charge >= 0.3 is 0 Å². The van der Waals surface area contributed by atoms with Gasteiger partial charge in [-0.15, -0.1) is 0 Å². The van der Waals surface area contributed by atoms with E-state index in [1.807, 2.05) is 0 Å². The van der Waals surface area contributed by atoms with Crippen molar-refractivity contribution >= 4 is 11.3 Å². The van der Waals surface area contributed by atoms with E-state index in [4.69, 9.17) is 0 Å². The third-order valence-electron chi connectivity index (χ3n) is 2.54. The minimum absolute atomic E-state index is 0.751. The molecule has 1 heterocycles. The third kappa shape index (κ3) is 5.64. The molecule has 0 amide bonds. The van der Waals surface area contributed by atoms with E-state index in [1.165, 1.54) is 17.5 Å². The molecule has 0 saturated heterocycles. The molecule has 0 fully saturated rings. The highest BCUT2D eigenvalue weighted by Crippen LogP contribution is 2.12. The van der Waals surface area contributed by atoms with Gasteiger partial charge in [0.15, 0.2) is 0 Å². The van der Waals surface area contributed by atoms with Gasteiger partial charge in [0.05, 0.1) is 0 Å². The Labute approximate surface area is 103 Å². The van der Waals surface area contributed by atoms with E-state index in [0.717, 1.165) is 32.1 Å². The molecule has 0 aliphatic rings. The molecule has 92 valence electrons. The zero-order valence-electron chi connectivity index (χ0n) is 10.7. The SMILES string of the molecule is Cc1cscc1CNCCCNCC(C)C. The maximum absolute atomic E-state index is 3.48. The van der Waals surface area contributed by atoms with Gasteiger partial charge in [-0.2, -0.15) is 11.3 Å². The Bertz CT molecular complexity index is 281. The third-order valence-corrected chi connectivity index (χ3v) is 3.45. The quantitative estimate of drug-likeness (QED) is 0.683. The molecule has 0 aliphatic carbocycles. The van der Waals surface area contributed by atoms with Gasteiger partial charge in [0.2, 0.25) is 0 Å². The summed E-state index contributed by atoms with van der Waals surface area (Å²) in [7, 11) is 0. The molecule has 1 rings (SSSR count). The highest BCUT2D eigenvalue weighted by Gasteiger charge is 1.98. The van der Waals surface area contributed by atoms with E-state index in [9.17, 15) is 0 Å². The fourth-order valence-corrected chi connectivity index (χ4v) is 2.38. The highest BCUT2D eigenvalue weighted by molar-refractivity contribution is 7.08. The van der Waals surface area contributed by atoms with E-state index in [-0.39, 0.29) is 0 Å². The minimum Gasteiger partial charge on any atom is -0.316 e. The minimum atomic E-state index is 0.751. The van der Waals surface area contributed by atoms with Crippen LogP contribution in [0.5, 0.6) is 0 Å². The Morgan fingerprint density at radius 1 is 1.19 bits per heavy atom. The van der Waals surface area contributed by atoms with Crippen molar-refractivity contribution in [2.75, 3.05) is 19.6 Å². The average Bonchev–Trinajstić information content (AvgIpc) is 2.62. The molecule has 16 heavy (non-hydrogen) atoms. The Morgan fingerprint density at radius 2 is 1.94 bits per heavy atom. The maximum Gasteiger partial charge on any atom is 0.0216 e. The Morgan fingerprint density at radius 3 is 2.56 bits per heavy atom. The predicted octanol–water partition coefficient (Wildman–Crippen LogP) is 2.78. The van der Waals surface area contributed by atoms with Gasteiger partial charge in [-0.3, -0.25) is 0 Å². The lowest BCUT2D eigenvalue weighted by Crippen LogP contribution is -2.24. The van der Waals surface area contributed by atoms with Crippen LogP contribution in [-0.4, -0.2) is 19.6 Å². The van der Waals surface area contributed by atoms with Crippen LogP contribution in [0.2, 0.25) is 0 Å². The van der Waals surface area contributed by atoms with Gasteiger partial charge in [0.1, 0.15) is 0 Å². The number of thiophene rings is 1. The van der Waals surface area contributed by atoms with Crippen LogP contribution in [0.25, 0.3) is 0 Å². The standard InChI is InChI=1S/C13H24N2S/c1-11(2)7-14-5-4-6-15-8-13-10-16-9-12(13)3/h9-11,14-15H,4-8H2,1-3H3. The molecule has 0 bridgehead atoms. The lowest BCUT2D eigenvalue weighted by Gasteiger charge is -2.08. The van der Waals surface area contributed by atoms with Crippen molar-refractivity contribution in [1.82, 2.24) is 10.6 Å². The van der Waals surface area contributed by atoms with E-state index >= 15 is 0 Å². The molecule has 0 aromatic carbocycles. The lowest BCUT2D eigenvalue weighted by atomic mass is 10.2. The summed E-state index contributed by atoms with van der Waals surface area (Å²) in [5.74, 6) is 0.751. The van der Waals surface area contributed by atoms with Gasteiger partial charge < -0.3 is 10.6 Å². The van der Waals surface area contributed by atoms with Crippen LogP contribution in [0.15, 0.2) is 10.8 Å². The molecule has 0 atom stereocenters. The number of hydrogen-bond acceptors (Lipinski definition) is 3. The number of rotatable bonds is 8. The molecule has 1 aromatic rings. The Kier molecular flexibility index (Phi) is 6.69. The summed E-state index contributed by atoms with van der Waals surface area (Å²) < 4.78 is 0. The molecule has 0 saturated carbocycles. The van der Waals surface area contributed by atoms with Crippen LogP contribution < -0.4 is 10.6 Å². The first kappa shape index (κ1) is 13.7. The van der Waals surface area contributed by atoms with Crippen molar-refractivity contribution in [3.8, 4) is 0 Å². The maximum atomic E-state index is 3.48. The fourth-order valence-electron chi connectivity index (χ4n) is 1.52. The molecule has 3 heteroatoms. The van der Waals surface area contributed by atoms with Crippen LogP contribution in [0.1, 0.15) is 31.4 Å². The summed E-state index contributed by atoms with van der Waals surface area (Å²) in [6.07, 6.45) is 1.20. The van der Waals surface area contributed by atoms with Crippen LogP contribution >= 0.6 is 11.3 Å².